The van der Waals surface area contributed by atoms with E-state index in [9.17, 15) is 0 Å². The molecule has 5 nitrogen and oxygen atoms in total. The van der Waals surface area contributed by atoms with Crippen molar-refractivity contribution in [3.05, 3.63) is 12.5 Å². The molecule has 0 bridgehead atoms. The second kappa shape index (κ2) is 9.55. The SMILES string of the molecule is C#CC#CC#CC#CC#CC(C)Cn1cnc(N=C2N(C)CCN2C)c1. The summed E-state index contributed by atoms with van der Waals surface area (Å²) in [6.07, 6.45) is 8.67. The van der Waals surface area contributed by atoms with Gasteiger partial charge in [0.05, 0.1) is 6.33 Å². The first-order valence-corrected chi connectivity index (χ1v) is 8.09. The topological polar surface area (TPSA) is 36.7 Å². The van der Waals surface area contributed by atoms with Crippen molar-refractivity contribution in [2.24, 2.45) is 10.9 Å². The van der Waals surface area contributed by atoms with Gasteiger partial charge in [0.2, 0.25) is 5.96 Å². The van der Waals surface area contributed by atoms with Crippen LogP contribution in [0.25, 0.3) is 0 Å². The summed E-state index contributed by atoms with van der Waals surface area (Å²) in [6.45, 7) is 4.70. The lowest BCUT2D eigenvalue weighted by Crippen LogP contribution is -2.27. The van der Waals surface area contributed by atoms with Gasteiger partial charge in [-0.1, -0.05) is 5.92 Å². The minimum Gasteiger partial charge on any atom is -0.344 e. The van der Waals surface area contributed by atoms with Crippen molar-refractivity contribution in [1.29, 1.82) is 0 Å². The Hall–Kier alpha value is -3.72. The van der Waals surface area contributed by atoms with E-state index in [1.807, 2.05) is 31.8 Å². The van der Waals surface area contributed by atoms with E-state index in [0.717, 1.165) is 25.6 Å². The van der Waals surface area contributed by atoms with E-state index in [0.29, 0.717) is 5.82 Å². The fraction of sp³-hybridized carbons (Fsp3) is 0.333. The van der Waals surface area contributed by atoms with Gasteiger partial charge in [0.1, 0.15) is 0 Å². The minimum atomic E-state index is 0.130. The number of terminal acetylenes is 1. The molecule has 0 aliphatic carbocycles. The third kappa shape index (κ3) is 5.73. The lowest BCUT2D eigenvalue weighted by atomic mass is 10.2. The van der Waals surface area contributed by atoms with Crippen LogP contribution >= 0.6 is 0 Å². The van der Waals surface area contributed by atoms with Gasteiger partial charge in [-0.15, -0.1) is 6.42 Å². The zero-order valence-electron chi connectivity index (χ0n) is 15.2. The number of imidazole rings is 1. The molecule has 0 saturated carbocycles. The molecule has 2 heterocycles. The first-order valence-electron chi connectivity index (χ1n) is 8.09. The lowest BCUT2D eigenvalue weighted by molar-refractivity contribution is 0.553. The van der Waals surface area contributed by atoms with Crippen LogP contribution in [0.3, 0.4) is 0 Å². The number of guanidine groups is 1. The highest BCUT2D eigenvalue weighted by Crippen LogP contribution is 2.13. The predicted molar refractivity (Wildman–Crippen MR) is 104 cm³/mol. The maximum atomic E-state index is 4.97. The second-order valence-electron chi connectivity index (χ2n) is 5.75. The van der Waals surface area contributed by atoms with Gasteiger partial charge in [-0.3, -0.25) is 0 Å². The Balaban J connectivity index is 1.92. The molecule has 2 rings (SSSR count). The normalized spacial score (nSPS) is 12.9. The summed E-state index contributed by atoms with van der Waals surface area (Å²) in [4.78, 5) is 13.2. The zero-order chi connectivity index (χ0) is 18.8. The van der Waals surface area contributed by atoms with E-state index in [-0.39, 0.29) is 5.92 Å². The number of likely N-dealkylation sites (N-methyl/N-ethyl adjacent to an activating group) is 2. The monoisotopic (exact) mass is 341 g/mol. The molecule has 0 aromatic carbocycles. The van der Waals surface area contributed by atoms with E-state index >= 15 is 0 Å². The molecule has 1 aromatic heterocycles. The van der Waals surface area contributed by atoms with Crippen molar-refractivity contribution >= 4 is 11.8 Å². The fourth-order valence-electron chi connectivity index (χ4n) is 2.28. The van der Waals surface area contributed by atoms with Crippen molar-refractivity contribution in [2.75, 3.05) is 27.2 Å². The fourth-order valence-corrected chi connectivity index (χ4v) is 2.28. The summed E-state index contributed by atoms with van der Waals surface area (Å²) in [5.41, 5.74) is 0. The highest BCUT2D eigenvalue weighted by atomic mass is 15.4. The molecule has 0 spiro atoms. The van der Waals surface area contributed by atoms with Crippen molar-refractivity contribution in [2.45, 2.75) is 13.5 Å². The molecule has 1 atom stereocenters. The largest absolute Gasteiger partial charge is 0.344 e. The Kier molecular flexibility index (Phi) is 6.83. The summed E-state index contributed by atoms with van der Waals surface area (Å²) < 4.78 is 1.98. The van der Waals surface area contributed by atoms with Crippen molar-refractivity contribution in [3.63, 3.8) is 0 Å². The maximum Gasteiger partial charge on any atom is 0.202 e. The molecule has 1 aliphatic heterocycles. The number of aliphatic imine (C=N–C) groups is 1. The highest BCUT2D eigenvalue weighted by Gasteiger charge is 2.20. The summed E-state index contributed by atoms with van der Waals surface area (Å²) in [6, 6.07) is 0. The average Bonchev–Trinajstić information content (AvgIpc) is 3.18. The van der Waals surface area contributed by atoms with E-state index in [1.54, 1.807) is 6.33 Å². The predicted octanol–water partition coefficient (Wildman–Crippen LogP) is 1.03. The van der Waals surface area contributed by atoms with E-state index in [4.69, 9.17) is 6.42 Å². The van der Waals surface area contributed by atoms with Crippen molar-refractivity contribution in [3.8, 4) is 59.7 Å². The molecule has 1 aromatic rings. The molecule has 0 N–H and O–H groups in total. The van der Waals surface area contributed by atoms with Crippen LogP contribution in [0, 0.1) is 65.6 Å². The highest BCUT2D eigenvalue weighted by molar-refractivity contribution is 5.83. The summed E-state index contributed by atoms with van der Waals surface area (Å²) in [7, 11) is 4.06. The average molecular weight is 341 g/mol. The van der Waals surface area contributed by atoms with Gasteiger partial charge in [0.15, 0.2) is 5.82 Å². The quantitative estimate of drug-likeness (QED) is 0.771. The second-order valence-corrected chi connectivity index (χ2v) is 5.75. The molecule has 128 valence electrons. The molecule has 26 heavy (non-hydrogen) atoms. The lowest BCUT2D eigenvalue weighted by Gasteiger charge is -2.14. The molecule has 5 heteroatoms. The third-order valence-electron chi connectivity index (χ3n) is 3.54. The molecule has 1 saturated heterocycles. The van der Waals surface area contributed by atoms with Crippen LogP contribution in [0.2, 0.25) is 0 Å². The van der Waals surface area contributed by atoms with Crippen molar-refractivity contribution in [1.82, 2.24) is 19.4 Å². The van der Waals surface area contributed by atoms with Gasteiger partial charge in [-0.2, -0.15) is 4.99 Å². The molecular formula is C21H19N5. The molecule has 1 fully saturated rings. The van der Waals surface area contributed by atoms with Gasteiger partial charge >= 0.3 is 0 Å². The summed E-state index contributed by atoms with van der Waals surface area (Å²) >= 11 is 0. The summed E-state index contributed by atoms with van der Waals surface area (Å²) in [5.74, 6) is 25.1. The van der Waals surface area contributed by atoms with E-state index < -0.39 is 0 Å². The first kappa shape index (κ1) is 18.6. The Morgan fingerprint density at radius 3 is 2.35 bits per heavy atom. The van der Waals surface area contributed by atoms with Gasteiger partial charge in [-0.25, -0.2) is 4.98 Å². The Morgan fingerprint density at radius 1 is 1.08 bits per heavy atom. The Bertz CT molecular complexity index is 949. The molecular weight excluding hydrogens is 322 g/mol. The standard InChI is InChI=1S/C21H19N5/c1-5-6-7-8-9-10-11-12-13-19(2)16-26-17-20(22-18-26)23-21-24(3)14-15-25(21)4/h1,17-19H,14-16H2,2-4H3. The van der Waals surface area contributed by atoms with Crippen LogP contribution in [0.5, 0.6) is 0 Å². The number of nitrogens with zero attached hydrogens (tertiary/aromatic N) is 5. The Morgan fingerprint density at radius 2 is 1.69 bits per heavy atom. The van der Waals surface area contributed by atoms with E-state index in [2.05, 4.69) is 73.1 Å². The van der Waals surface area contributed by atoms with Gasteiger partial charge in [0, 0.05) is 45.8 Å². The zero-order valence-corrected chi connectivity index (χ0v) is 15.2. The summed E-state index contributed by atoms with van der Waals surface area (Å²) in [5, 5.41) is 0. The van der Waals surface area contributed by atoms with Gasteiger partial charge in [-0.05, 0) is 54.3 Å². The van der Waals surface area contributed by atoms with Crippen molar-refractivity contribution < 1.29 is 0 Å². The molecule has 1 unspecified atom stereocenters. The number of aromatic nitrogens is 2. The smallest absolute Gasteiger partial charge is 0.202 e. The first-order chi connectivity index (χ1) is 12.6. The van der Waals surface area contributed by atoms with Crippen LogP contribution in [0.15, 0.2) is 17.5 Å². The minimum absolute atomic E-state index is 0.130. The Labute approximate surface area is 155 Å². The van der Waals surface area contributed by atoms with Crippen LogP contribution in [0.4, 0.5) is 5.82 Å². The van der Waals surface area contributed by atoms with Crippen LogP contribution in [0.1, 0.15) is 6.92 Å². The van der Waals surface area contributed by atoms with E-state index in [1.165, 1.54) is 0 Å². The van der Waals surface area contributed by atoms with Gasteiger partial charge < -0.3 is 14.4 Å². The van der Waals surface area contributed by atoms with Crippen LogP contribution < -0.4 is 0 Å². The third-order valence-corrected chi connectivity index (χ3v) is 3.54. The van der Waals surface area contributed by atoms with Gasteiger partial charge in [0.25, 0.3) is 0 Å². The number of hydrogen-bond acceptors (Lipinski definition) is 2. The maximum absolute atomic E-state index is 4.97. The number of rotatable bonds is 3. The van der Waals surface area contributed by atoms with Crippen LogP contribution in [-0.4, -0.2) is 52.5 Å². The van der Waals surface area contributed by atoms with Crippen LogP contribution in [-0.2, 0) is 6.54 Å². The molecule has 0 radical (unpaired) electrons. The number of hydrogen-bond donors (Lipinski definition) is 0. The molecule has 1 aliphatic rings. The molecule has 0 amide bonds.